The molecule has 7 heteroatoms. The minimum atomic E-state index is -0.497. The lowest BCUT2D eigenvalue weighted by molar-refractivity contribution is -0.384. The second-order valence-corrected chi connectivity index (χ2v) is 4.53. The highest BCUT2D eigenvalue weighted by atomic mass is 16.6. The average molecular weight is 280 g/mol. The summed E-state index contributed by atoms with van der Waals surface area (Å²) in [5.41, 5.74) is 0.377. The number of nitro groups is 1. The molecule has 1 aromatic carbocycles. The number of benzene rings is 1. The quantitative estimate of drug-likeness (QED) is 0.484. The van der Waals surface area contributed by atoms with Crippen LogP contribution >= 0.6 is 0 Å². The van der Waals surface area contributed by atoms with E-state index in [9.17, 15) is 14.9 Å². The van der Waals surface area contributed by atoms with Crippen LogP contribution in [-0.4, -0.2) is 35.7 Å². The molecule has 0 spiro atoms. The molecule has 1 N–H and O–H groups in total. The predicted octanol–water partition coefficient (Wildman–Crippen LogP) is 1.48. The number of nitrogens with zero attached hydrogens (tertiary/aromatic N) is 2. The van der Waals surface area contributed by atoms with Gasteiger partial charge in [0.1, 0.15) is 5.75 Å². The molecule has 0 saturated heterocycles. The SMILES string of the molecule is O=C1COc2ccc([N+](=O)[O-])cc2N1CCCCCO. The van der Waals surface area contributed by atoms with Crippen molar-refractivity contribution in [3.63, 3.8) is 0 Å². The fourth-order valence-electron chi connectivity index (χ4n) is 2.11. The van der Waals surface area contributed by atoms with Crippen LogP contribution in [0.1, 0.15) is 19.3 Å². The molecule has 2 rings (SSSR count). The molecule has 20 heavy (non-hydrogen) atoms. The minimum Gasteiger partial charge on any atom is -0.482 e. The second-order valence-electron chi connectivity index (χ2n) is 4.53. The van der Waals surface area contributed by atoms with E-state index in [4.69, 9.17) is 9.84 Å². The molecule has 0 aliphatic carbocycles. The van der Waals surface area contributed by atoms with Gasteiger partial charge in [0.25, 0.3) is 11.6 Å². The number of hydrogen-bond acceptors (Lipinski definition) is 5. The maximum atomic E-state index is 11.9. The van der Waals surface area contributed by atoms with Crippen LogP contribution in [0.5, 0.6) is 5.75 Å². The maximum Gasteiger partial charge on any atom is 0.271 e. The number of carbonyl (C=O) groups excluding carboxylic acids is 1. The van der Waals surface area contributed by atoms with Gasteiger partial charge in [-0.05, 0) is 25.3 Å². The van der Waals surface area contributed by atoms with Crippen molar-refractivity contribution >= 4 is 17.3 Å². The van der Waals surface area contributed by atoms with E-state index in [1.54, 1.807) is 0 Å². The Balaban J connectivity index is 2.18. The Kier molecular flexibility index (Phi) is 4.52. The van der Waals surface area contributed by atoms with Crippen LogP contribution < -0.4 is 9.64 Å². The molecule has 0 aromatic heterocycles. The van der Waals surface area contributed by atoms with Gasteiger partial charge in [-0.3, -0.25) is 14.9 Å². The van der Waals surface area contributed by atoms with Crippen LogP contribution in [0.4, 0.5) is 11.4 Å². The summed E-state index contributed by atoms with van der Waals surface area (Å²) in [5, 5.41) is 19.5. The molecular formula is C13H16N2O5. The van der Waals surface area contributed by atoms with Crippen LogP contribution in [0.3, 0.4) is 0 Å². The molecule has 1 aliphatic heterocycles. The van der Waals surface area contributed by atoms with Crippen molar-refractivity contribution in [2.24, 2.45) is 0 Å². The van der Waals surface area contributed by atoms with Crippen molar-refractivity contribution in [3.8, 4) is 5.75 Å². The molecule has 0 atom stereocenters. The first kappa shape index (κ1) is 14.3. The Hall–Kier alpha value is -2.15. The van der Waals surface area contributed by atoms with E-state index >= 15 is 0 Å². The molecular weight excluding hydrogens is 264 g/mol. The van der Waals surface area contributed by atoms with Crippen molar-refractivity contribution in [1.29, 1.82) is 0 Å². The number of non-ortho nitro benzene ring substituents is 1. The number of fused-ring (bicyclic) bond motifs is 1. The largest absolute Gasteiger partial charge is 0.482 e. The summed E-state index contributed by atoms with van der Waals surface area (Å²) in [6, 6.07) is 4.23. The third kappa shape index (κ3) is 3.05. The zero-order chi connectivity index (χ0) is 14.5. The van der Waals surface area contributed by atoms with Crippen LogP contribution in [-0.2, 0) is 4.79 Å². The predicted molar refractivity (Wildman–Crippen MR) is 71.9 cm³/mol. The summed E-state index contributed by atoms with van der Waals surface area (Å²) in [6.07, 6.45) is 2.21. The zero-order valence-electron chi connectivity index (χ0n) is 10.9. The Bertz CT molecular complexity index is 517. The molecule has 1 aromatic rings. The summed E-state index contributed by atoms with van der Waals surface area (Å²) >= 11 is 0. The molecule has 0 fully saturated rings. The number of nitro benzene ring substituents is 1. The van der Waals surface area contributed by atoms with E-state index in [1.807, 2.05) is 0 Å². The standard InChI is InChI=1S/C13H16N2O5/c16-7-3-1-2-6-14-11-8-10(15(18)19)4-5-12(11)20-9-13(14)17/h4-5,8,16H,1-3,6-7,9H2. The monoisotopic (exact) mass is 280 g/mol. The van der Waals surface area contributed by atoms with E-state index in [0.29, 0.717) is 24.4 Å². The molecule has 108 valence electrons. The summed E-state index contributed by atoms with van der Waals surface area (Å²) in [6.45, 7) is 0.542. The van der Waals surface area contributed by atoms with Crippen molar-refractivity contribution < 1.29 is 19.6 Å². The van der Waals surface area contributed by atoms with Crippen molar-refractivity contribution in [2.75, 3.05) is 24.7 Å². The molecule has 0 unspecified atom stereocenters. The number of aliphatic hydroxyl groups excluding tert-OH is 1. The summed E-state index contributed by atoms with van der Waals surface area (Å²) in [5.74, 6) is 0.277. The first-order valence-electron chi connectivity index (χ1n) is 6.46. The summed E-state index contributed by atoms with van der Waals surface area (Å²) in [4.78, 5) is 23.7. The number of amides is 1. The third-order valence-electron chi connectivity index (χ3n) is 3.14. The fourth-order valence-corrected chi connectivity index (χ4v) is 2.11. The lowest BCUT2D eigenvalue weighted by atomic mass is 10.1. The van der Waals surface area contributed by atoms with E-state index < -0.39 is 4.92 Å². The second kappa shape index (κ2) is 6.33. The van der Waals surface area contributed by atoms with Gasteiger partial charge in [0, 0.05) is 25.3 Å². The Morgan fingerprint density at radius 1 is 1.35 bits per heavy atom. The Morgan fingerprint density at radius 3 is 2.85 bits per heavy atom. The molecule has 7 nitrogen and oxygen atoms in total. The molecule has 1 heterocycles. The van der Waals surface area contributed by atoms with Gasteiger partial charge in [0.2, 0.25) is 0 Å². The number of aliphatic hydroxyl groups is 1. The van der Waals surface area contributed by atoms with Crippen molar-refractivity contribution in [3.05, 3.63) is 28.3 Å². The maximum absolute atomic E-state index is 11.9. The number of rotatable bonds is 6. The van der Waals surface area contributed by atoms with Gasteiger partial charge in [-0.25, -0.2) is 0 Å². The minimum absolute atomic E-state index is 0.0508. The first-order chi connectivity index (χ1) is 9.63. The fraction of sp³-hybridized carbons (Fsp3) is 0.462. The van der Waals surface area contributed by atoms with Gasteiger partial charge in [0.15, 0.2) is 6.61 Å². The third-order valence-corrected chi connectivity index (χ3v) is 3.14. The highest BCUT2D eigenvalue weighted by Crippen LogP contribution is 2.35. The van der Waals surface area contributed by atoms with Crippen LogP contribution in [0.25, 0.3) is 0 Å². The number of hydrogen-bond donors (Lipinski definition) is 1. The Labute approximate surface area is 115 Å². The number of carbonyl (C=O) groups is 1. The molecule has 0 saturated carbocycles. The van der Waals surface area contributed by atoms with Gasteiger partial charge in [-0.15, -0.1) is 0 Å². The van der Waals surface area contributed by atoms with Crippen molar-refractivity contribution in [2.45, 2.75) is 19.3 Å². The van der Waals surface area contributed by atoms with Gasteiger partial charge >= 0.3 is 0 Å². The lowest BCUT2D eigenvalue weighted by Gasteiger charge is -2.29. The van der Waals surface area contributed by atoms with Gasteiger partial charge in [0.05, 0.1) is 10.6 Å². The van der Waals surface area contributed by atoms with Crippen LogP contribution in [0.2, 0.25) is 0 Å². The van der Waals surface area contributed by atoms with E-state index in [2.05, 4.69) is 0 Å². The molecule has 0 radical (unpaired) electrons. The normalized spacial score (nSPS) is 13.8. The van der Waals surface area contributed by atoms with Gasteiger partial charge in [-0.1, -0.05) is 0 Å². The number of unbranched alkanes of at least 4 members (excludes halogenated alkanes) is 2. The van der Waals surface area contributed by atoms with E-state index in [-0.39, 0.29) is 24.8 Å². The van der Waals surface area contributed by atoms with Crippen LogP contribution in [0.15, 0.2) is 18.2 Å². The van der Waals surface area contributed by atoms with Gasteiger partial charge in [-0.2, -0.15) is 0 Å². The summed E-state index contributed by atoms with van der Waals surface area (Å²) < 4.78 is 5.27. The highest BCUT2D eigenvalue weighted by molar-refractivity contribution is 5.98. The molecule has 0 bridgehead atoms. The van der Waals surface area contributed by atoms with E-state index in [0.717, 1.165) is 12.8 Å². The number of anilines is 1. The first-order valence-corrected chi connectivity index (χ1v) is 6.46. The molecule has 1 aliphatic rings. The smallest absolute Gasteiger partial charge is 0.271 e. The lowest BCUT2D eigenvalue weighted by Crippen LogP contribution is -2.39. The van der Waals surface area contributed by atoms with Crippen molar-refractivity contribution in [1.82, 2.24) is 0 Å². The topological polar surface area (TPSA) is 92.9 Å². The number of ether oxygens (including phenoxy) is 1. The summed E-state index contributed by atoms with van der Waals surface area (Å²) in [7, 11) is 0. The van der Waals surface area contributed by atoms with Gasteiger partial charge < -0.3 is 14.7 Å². The zero-order valence-corrected chi connectivity index (χ0v) is 10.9. The highest BCUT2D eigenvalue weighted by Gasteiger charge is 2.27. The average Bonchev–Trinajstić information content (AvgIpc) is 2.44. The Morgan fingerprint density at radius 2 is 2.15 bits per heavy atom. The van der Waals surface area contributed by atoms with E-state index in [1.165, 1.54) is 23.1 Å². The van der Waals surface area contributed by atoms with Crippen LogP contribution in [0, 0.1) is 10.1 Å². The molecule has 1 amide bonds.